The number of nitrogen functional groups attached to an aromatic ring is 1. The number of carbonyl (C=O) groups is 1. The molecule has 0 spiro atoms. The molecule has 1 amide bonds. The number of rotatable bonds is 2. The maximum Gasteiger partial charge on any atom is 0.417 e. The van der Waals surface area contributed by atoms with E-state index in [2.05, 4.69) is 15.0 Å². The Morgan fingerprint density at radius 2 is 2.08 bits per heavy atom. The number of aromatic nitrogens is 3. The second-order valence-electron chi connectivity index (χ2n) is 6.09. The molecule has 0 aliphatic heterocycles. The Morgan fingerprint density at radius 1 is 1.42 bits per heavy atom. The molecule has 0 fully saturated rings. The van der Waals surface area contributed by atoms with Crippen molar-refractivity contribution in [1.82, 2.24) is 19.9 Å². The zero-order valence-electron chi connectivity index (χ0n) is 14.1. The standard InChI is InChI=1S/C15H18N6O2S/c1-8-11(10-9(6-16)7-18-12(17)20-10)24-13(19-8)23-14(22)21(5)15(2,3)4/h7H,1-5H3,(H2,17,18,20). The zero-order valence-corrected chi connectivity index (χ0v) is 14.9. The molecule has 0 aliphatic carbocycles. The molecular formula is C15H18N6O2S. The van der Waals surface area contributed by atoms with Gasteiger partial charge in [0.05, 0.1) is 22.3 Å². The molecule has 0 atom stereocenters. The minimum atomic E-state index is -0.509. The van der Waals surface area contributed by atoms with Gasteiger partial charge < -0.3 is 15.4 Å². The van der Waals surface area contributed by atoms with Crippen molar-refractivity contribution < 1.29 is 9.53 Å². The minimum Gasteiger partial charge on any atom is -0.381 e. The number of ether oxygens (including phenoxy) is 1. The number of hydrogen-bond acceptors (Lipinski definition) is 8. The quantitative estimate of drug-likeness (QED) is 0.887. The predicted octanol–water partition coefficient (Wildman–Crippen LogP) is 2.59. The van der Waals surface area contributed by atoms with Crippen molar-refractivity contribution in [2.45, 2.75) is 33.2 Å². The van der Waals surface area contributed by atoms with E-state index in [-0.39, 0.29) is 22.2 Å². The first kappa shape index (κ1) is 17.6. The molecule has 9 heteroatoms. The average molecular weight is 346 g/mol. The van der Waals surface area contributed by atoms with Crippen LogP contribution in [0.2, 0.25) is 0 Å². The molecular weight excluding hydrogens is 328 g/mol. The van der Waals surface area contributed by atoms with Gasteiger partial charge in [0, 0.05) is 12.6 Å². The summed E-state index contributed by atoms with van der Waals surface area (Å²) in [6, 6.07) is 2.02. The van der Waals surface area contributed by atoms with E-state index in [9.17, 15) is 10.1 Å². The van der Waals surface area contributed by atoms with Crippen molar-refractivity contribution in [2.24, 2.45) is 0 Å². The summed E-state index contributed by atoms with van der Waals surface area (Å²) in [7, 11) is 1.66. The van der Waals surface area contributed by atoms with Crippen LogP contribution in [0.5, 0.6) is 5.19 Å². The van der Waals surface area contributed by atoms with E-state index in [1.165, 1.54) is 11.1 Å². The first-order chi connectivity index (χ1) is 11.1. The maximum atomic E-state index is 12.2. The highest BCUT2D eigenvalue weighted by atomic mass is 32.1. The van der Waals surface area contributed by atoms with Crippen LogP contribution < -0.4 is 10.5 Å². The summed E-state index contributed by atoms with van der Waals surface area (Å²) >= 11 is 1.13. The molecule has 2 rings (SSSR count). The van der Waals surface area contributed by atoms with Gasteiger partial charge in [-0.2, -0.15) is 5.26 Å². The van der Waals surface area contributed by atoms with Gasteiger partial charge in [-0.3, -0.25) is 0 Å². The highest BCUT2D eigenvalue weighted by Crippen LogP contribution is 2.35. The van der Waals surface area contributed by atoms with Gasteiger partial charge in [0.15, 0.2) is 0 Å². The third-order valence-electron chi connectivity index (χ3n) is 3.37. The monoisotopic (exact) mass is 346 g/mol. The van der Waals surface area contributed by atoms with Crippen LogP contribution in [0.4, 0.5) is 10.7 Å². The number of hydrogen-bond donors (Lipinski definition) is 1. The molecule has 0 saturated carbocycles. The smallest absolute Gasteiger partial charge is 0.381 e. The first-order valence-electron chi connectivity index (χ1n) is 7.09. The largest absolute Gasteiger partial charge is 0.417 e. The van der Waals surface area contributed by atoms with Crippen LogP contribution in [0, 0.1) is 18.3 Å². The zero-order chi connectivity index (χ0) is 18.1. The SMILES string of the molecule is Cc1nc(OC(=O)N(C)C(C)(C)C)sc1-c1nc(N)ncc1C#N. The first-order valence-corrected chi connectivity index (χ1v) is 7.91. The van der Waals surface area contributed by atoms with Gasteiger partial charge in [0.25, 0.3) is 5.19 Å². The number of anilines is 1. The van der Waals surface area contributed by atoms with E-state index in [1.807, 2.05) is 26.8 Å². The fourth-order valence-corrected chi connectivity index (χ4v) is 2.62. The Kier molecular flexibility index (Phi) is 4.71. The van der Waals surface area contributed by atoms with Gasteiger partial charge in [-0.05, 0) is 27.7 Å². The summed E-state index contributed by atoms with van der Waals surface area (Å²) in [5.74, 6) is 0.0582. The van der Waals surface area contributed by atoms with Gasteiger partial charge in [-0.25, -0.2) is 19.7 Å². The third kappa shape index (κ3) is 3.60. The van der Waals surface area contributed by atoms with E-state index in [4.69, 9.17) is 10.5 Å². The van der Waals surface area contributed by atoms with Crippen LogP contribution in [0.1, 0.15) is 32.0 Å². The summed E-state index contributed by atoms with van der Waals surface area (Å²) in [4.78, 5) is 26.4. The summed E-state index contributed by atoms with van der Waals surface area (Å²) in [5, 5.41) is 9.38. The van der Waals surface area contributed by atoms with Crippen molar-refractivity contribution in [3.05, 3.63) is 17.5 Å². The molecule has 0 bridgehead atoms. The van der Waals surface area contributed by atoms with Crippen LogP contribution in [-0.2, 0) is 0 Å². The molecule has 0 radical (unpaired) electrons. The highest BCUT2D eigenvalue weighted by molar-refractivity contribution is 7.17. The number of nitrogens with zero attached hydrogens (tertiary/aromatic N) is 5. The highest BCUT2D eigenvalue weighted by Gasteiger charge is 2.26. The van der Waals surface area contributed by atoms with E-state index >= 15 is 0 Å². The molecule has 2 aromatic rings. The minimum absolute atomic E-state index is 0.0582. The van der Waals surface area contributed by atoms with Gasteiger partial charge in [0.2, 0.25) is 5.95 Å². The number of amides is 1. The molecule has 8 nitrogen and oxygen atoms in total. The second-order valence-corrected chi connectivity index (χ2v) is 7.06. The van der Waals surface area contributed by atoms with Crippen LogP contribution in [0.25, 0.3) is 10.6 Å². The van der Waals surface area contributed by atoms with Gasteiger partial charge in [-0.15, -0.1) is 0 Å². The van der Waals surface area contributed by atoms with E-state index in [0.29, 0.717) is 16.3 Å². The normalized spacial score (nSPS) is 11.0. The van der Waals surface area contributed by atoms with Crippen LogP contribution in [0.15, 0.2) is 6.20 Å². The lowest BCUT2D eigenvalue weighted by atomic mass is 10.1. The third-order valence-corrected chi connectivity index (χ3v) is 4.42. The van der Waals surface area contributed by atoms with E-state index in [0.717, 1.165) is 11.3 Å². The van der Waals surface area contributed by atoms with Gasteiger partial charge in [-0.1, -0.05) is 11.3 Å². The van der Waals surface area contributed by atoms with Crippen LogP contribution in [0.3, 0.4) is 0 Å². The Morgan fingerprint density at radius 3 is 2.67 bits per heavy atom. The van der Waals surface area contributed by atoms with Crippen molar-refractivity contribution in [3.8, 4) is 21.8 Å². The average Bonchev–Trinajstić information content (AvgIpc) is 2.85. The molecule has 0 saturated heterocycles. The molecule has 0 aliphatic rings. The van der Waals surface area contributed by atoms with Crippen molar-refractivity contribution in [3.63, 3.8) is 0 Å². The van der Waals surface area contributed by atoms with Crippen molar-refractivity contribution >= 4 is 23.4 Å². The lowest BCUT2D eigenvalue weighted by Crippen LogP contribution is -2.44. The van der Waals surface area contributed by atoms with Crippen LogP contribution >= 0.6 is 11.3 Å². The fourth-order valence-electron chi connectivity index (χ4n) is 1.70. The summed E-state index contributed by atoms with van der Waals surface area (Å²) in [5.41, 5.74) is 6.48. The molecule has 2 heterocycles. The van der Waals surface area contributed by atoms with Crippen LogP contribution in [-0.4, -0.2) is 38.5 Å². The molecule has 0 aromatic carbocycles. The summed E-state index contributed by atoms with van der Waals surface area (Å²) < 4.78 is 5.33. The molecule has 0 unspecified atom stereocenters. The Labute approximate surface area is 143 Å². The van der Waals surface area contributed by atoms with Crippen molar-refractivity contribution in [2.75, 3.05) is 12.8 Å². The summed E-state index contributed by atoms with van der Waals surface area (Å²) in [6.45, 7) is 7.44. The van der Waals surface area contributed by atoms with Crippen molar-refractivity contribution in [1.29, 1.82) is 5.26 Å². The number of thiazole rings is 1. The van der Waals surface area contributed by atoms with E-state index < -0.39 is 6.09 Å². The fraction of sp³-hybridized carbons (Fsp3) is 0.400. The lowest BCUT2D eigenvalue weighted by molar-refractivity contribution is 0.124. The number of aryl methyl sites for hydroxylation is 1. The molecule has 24 heavy (non-hydrogen) atoms. The topological polar surface area (TPSA) is 118 Å². The molecule has 2 N–H and O–H groups in total. The Hall–Kier alpha value is -2.73. The lowest BCUT2D eigenvalue weighted by Gasteiger charge is -2.30. The second kappa shape index (κ2) is 6.41. The van der Waals surface area contributed by atoms with Gasteiger partial charge in [0.1, 0.15) is 11.8 Å². The summed E-state index contributed by atoms with van der Waals surface area (Å²) in [6.07, 6.45) is 0.848. The number of nitriles is 1. The molecule has 126 valence electrons. The maximum absolute atomic E-state index is 12.2. The number of nitrogens with two attached hydrogens (primary N) is 1. The Bertz CT molecular complexity index is 818. The van der Waals surface area contributed by atoms with Gasteiger partial charge >= 0.3 is 6.09 Å². The predicted molar refractivity (Wildman–Crippen MR) is 90.5 cm³/mol. The Balaban J connectivity index is 2.34. The molecule has 2 aromatic heterocycles. The van der Waals surface area contributed by atoms with E-state index in [1.54, 1.807) is 14.0 Å². The number of carbonyl (C=O) groups excluding carboxylic acids is 1.